The topological polar surface area (TPSA) is 109 Å². The van der Waals surface area contributed by atoms with Gasteiger partial charge in [-0.15, -0.1) is 0 Å². The number of hydrogen-bond donors (Lipinski definition) is 2. The molecule has 2 N–H and O–H groups in total. The molecule has 63 heavy (non-hydrogen) atoms. The lowest BCUT2D eigenvalue weighted by atomic mass is 9.73. The van der Waals surface area contributed by atoms with Crippen LogP contribution in [0.3, 0.4) is 0 Å². The molecule has 0 radical (unpaired) electrons. The molecule has 332 valence electrons. The van der Waals surface area contributed by atoms with Crippen LogP contribution in [0.2, 0.25) is 0 Å². The summed E-state index contributed by atoms with van der Waals surface area (Å²) in [5.41, 5.74) is 8.73. The van der Waals surface area contributed by atoms with Gasteiger partial charge >= 0.3 is 0 Å². The van der Waals surface area contributed by atoms with Gasteiger partial charge in [0.2, 0.25) is 5.91 Å². The van der Waals surface area contributed by atoms with E-state index in [4.69, 9.17) is 18.9 Å². The predicted octanol–water partition coefficient (Wildman–Crippen LogP) is 7.58. The summed E-state index contributed by atoms with van der Waals surface area (Å²) >= 11 is 0. The van der Waals surface area contributed by atoms with Crippen molar-refractivity contribution in [1.29, 1.82) is 0 Å². The second-order valence-electron chi connectivity index (χ2n) is 19.2. The Hall–Kier alpha value is -4.82. The molecule has 2 spiro atoms. The highest BCUT2D eigenvalue weighted by Crippen LogP contribution is 2.51. The number of para-hydroxylation sites is 1. The lowest BCUT2D eigenvalue weighted by molar-refractivity contribution is -0.297. The Morgan fingerprint density at radius 2 is 1.73 bits per heavy atom. The van der Waals surface area contributed by atoms with Crippen LogP contribution in [0.15, 0.2) is 66.9 Å². The van der Waals surface area contributed by atoms with E-state index in [1.807, 2.05) is 23.1 Å². The molecular formula is C50H57F2N5O6. The Balaban J connectivity index is 0.693. The van der Waals surface area contributed by atoms with E-state index in [0.717, 1.165) is 104 Å². The number of nitrogens with zero attached hydrogens (tertiary/aromatic N) is 3. The van der Waals surface area contributed by atoms with E-state index in [0.29, 0.717) is 68.8 Å². The zero-order valence-corrected chi connectivity index (χ0v) is 36.1. The number of carbonyl (C=O) groups is 2. The number of methoxy groups -OCH3 is 1. The molecule has 6 aliphatic heterocycles. The van der Waals surface area contributed by atoms with Gasteiger partial charge < -0.3 is 39.0 Å². The summed E-state index contributed by atoms with van der Waals surface area (Å²) < 4.78 is 53.6. The smallest absolute Gasteiger partial charge is 0.255 e. The van der Waals surface area contributed by atoms with Crippen LogP contribution in [0, 0.1) is 5.92 Å². The van der Waals surface area contributed by atoms with Crippen molar-refractivity contribution < 1.29 is 37.3 Å². The third kappa shape index (κ3) is 7.14. The van der Waals surface area contributed by atoms with Crippen LogP contribution in [-0.4, -0.2) is 109 Å². The van der Waals surface area contributed by atoms with Crippen molar-refractivity contribution in [1.82, 2.24) is 25.0 Å². The number of ether oxygens (including phenoxy) is 4. The molecule has 1 aliphatic carbocycles. The second kappa shape index (κ2) is 16.0. The highest BCUT2D eigenvalue weighted by Gasteiger charge is 2.48. The molecule has 0 bridgehead atoms. The predicted molar refractivity (Wildman–Crippen MR) is 233 cm³/mol. The number of alkyl halides is 2. The number of benzene rings is 3. The molecule has 2 atom stereocenters. The molecule has 4 fully saturated rings. The Morgan fingerprint density at radius 1 is 0.937 bits per heavy atom. The third-order valence-electron chi connectivity index (χ3n) is 15.6. The van der Waals surface area contributed by atoms with E-state index >= 15 is 0 Å². The van der Waals surface area contributed by atoms with Crippen LogP contribution in [0.5, 0.6) is 11.5 Å². The van der Waals surface area contributed by atoms with Gasteiger partial charge in [0, 0.05) is 81.8 Å². The summed E-state index contributed by atoms with van der Waals surface area (Å²) in [5.74, 6) is 1.40. The van der Waals surface area contributed by atoms with Crippen molar-refractivity contribution in [2.45, 2.75) is 100.0 Å². The maximum atomic E-state index is 13.9. The second-order valence-corrected chi connectivity index (χ2v) is 19.2. The minimum Gasteiger partial charge on any atom is -0.496 e. The number of amides is 2. The van der Waals surface area contributed by atoms with Gasteiger partial charge in [-0.1, -0.05) is 43.0 Å². The standard InChI is InChI=1S/C50H57F2N5O6/c1-30-7-12-41(47(58)53-30)57-25-38-36(48(57)59)10-11-39-46(38)61-29-49(39)18-21-55(22-19-49)24-31-27-62-50(63-28-31)16-13-32(14-17-50)33-8-9-37(42(23-33)60-2)45-44-35(15-20-56(45)26-43(51)52)34-5-3-4-6-40(34)54-44/h3-6,8-11,23,31-32,41,43,45,54H,1,7,12-22,24-29H2,2H3,(H,53,58). The number of nitrogens with one attached hydrogen (secondary N) is 2. The van der Waals surface area contributed by atoms with Gasteiger partial charge in [-0.3, -0.25) is 14.5 Å². The molecule has 2 unspecified atom stereocenters. The molecule has 1 saturated carbocycles. The van der Waals surface area contributed by atoms with Crippen molar-refractivity contribution in [3.05, 3.63) is 106 Å². The quantitative estimate of drug-likeness (QED) is 0.187. The van der Waals surface area contributed by atoms with Crippen LogP contribution in [0.1, 0.15) is 107 Å². The van der Waals surface area contributed by atoms with Crippen LogP contribution >= 0.6 is 0 Å². The number of piperidine rings is 2. The van der Waals surface area contributed by atoms with E-state index in [9.17, 15) is 18.4 Å². The summed E-state index contributed by atoms with van der Waals surface area (Å²) in [6.45, 7) is 9.35. The first-order chi connectivity index (χ1) is 30.6. The molecule has 1 aromatic heterocycles. The van der Waals surface area contributed by atoms with Gasteiger partial charge in [0.15, 0.2) is 5.79 Å². The maximum absolute atomic E-state index is 13.9. The summed E-state index contributed by atoms with van der Waals surface area (Å²) in [7, 11) is 1.68. The van der Waals surface area contributed by atoms with E-state index < -0.39 is 18.3 Å². The SMILES string of the molecule is C=C1CCC(N2Cc3c(ccc4c3OCC43CCN(CC4COC5(CCC(c6ccc(C7c8[nH]c9ccccc9c8CCN7CC(F)F)c(OC)c6)CC5)OC4)CC3)C2=O)C(=O)N1. The van der Waals surface area contributed by atoms with Crippen molar-refractivity contribution in [3.63, 3.8) is 0 Å². The van der Waals surface area contributed by atoms with Gasteiger partial charge in [-0.2, -0.15) is 0 Å². The summed E-state index contributed by atoms with van der Waals surface area (Å²) in [5, 5.41) is 3.99. The van der Waals surface area contributed by atoms with E-state index in [1.54, 1.807) is 12.0 Å². The van der Waals surface area contributed by atoms with Gasteiger partial charge in [-0.05, 0) is 93.3 Å². The van der Waals surface area contributed by atoms with E-state index in [-0.39, 0.29) is 29.8 Å². The molecule has 11 rings (SSSR count). The summed E-state index contributed by atoms with van der Waals surface area (Å²) in [4.78, 5) is 36.0. The maximum Gasteiger partial charge on any atom is 0.255 e. The van der Waals surface area contributed by atoms with E-state index in [1.165, 1.54) is 16.7 Å². The van der Waals surface area contributed by atoms with Gasteiger partial charge in [0.25, 0.3) is 12.3 Å². The largest absolute Gasteiger partial charge is 0.496 e. The molecule has 3 saturated heterocycles. The van der Waals surface area contributed by atoms with Crippen LogP contribution < -0.4 is 14.8 Å². The van der Waals surface area contributed by atoms with E-state index in [2.05, 4.69) is 58.2 Å². The average Bonchev–Trinajstić information content (AvgIpc) is 3.96. The molecule has 3 aromatic carbocycles. The number of H-pyrrole nitrogens is 1. The molecule has 4 aromatic rings. The fourth-order valence-corrected chi connectivity index (χ4v) is 12.1. The van der Waals surface area contributed by atoms with Crippen LogP contribution in [-0.2, 0) is 32.6 Å². The van der Waals surface area contributed by atoms with Crippen molar-refractivity contribution in [3.8, 4) is 11.5 Å². The zero-order chi connectivity index (χ0) is 43.0. The Bertz CT molecular complexity index is 2440. The highest BCUT2D eigenvalue weighted by molar-refractivity contribution is 6.02. The molecule has 2 amide bonds. The average molecular weight is 862 g/mol. The Morgan fingerprint density at radius 3 is 2.49 bits per heavy atom. The fraction of sp³-hybridized carbons (Fsp3) is 0.520. The molecule has 11 nitrogen and oxygen atoms in total. The number of aromatic nitrogens is 1. The monoisotopic (exact) mass is 861 g/mol. The van der Waals surface area contributed by atoms with Gasteiger partial charge in [0.1, 0.15) is 17.5 Å². The number of aromatic amines is 1. The third-order valence-corrected chi connectivity index (χ3v) is 15.6. The molecule has 13 heteroatoms. The van der Waals surface area contributed by atoms with Gasteiger partial charge in [0.05, 0.1) is 46.1 Å². The number of likely N-dealkylation sites (tertiary alicyclic amines) is 1. The first kappa shape index (κ1) is 40.9. The lowest BCUT2D eigenvalue weighted by Crippen LogP contribution is -2.50. The number of halogens is 2. The first-order valence-electron chi connectivity index (χ1n) is 23.0. The van der Waals surface area contributed by atoms with Crippen LogP contribution in [0.25, 0.3) is 10.9 Å². The van der Waals surface area contributed by atoms with Crippen molar-refractivity contribution >= 4 is 22.7 Å². The fourth-order valence-electron chi connectivity index (χ4n) is 12.1. The number of carbonyl (C=O) groups excluding carboxylic acids is 2. The minimum atomic E-state index is -2.44. The number of fused-ring (bicyclic) bond motifs is 7. The Labute approximate surface area is 367 Å². The first-order valence-corrected chi connectivity index (χ1v) is 23.0. The number of hydrogen-bond acceptors (Lipinski definition) is 8. The number of rotatable bonds is 8. The Kier molecular flexibility index (Phi) is 10.4. The normalized spacial score (nSPS) is 28.4. The van der Waals surface area contributed by atoms with Gasteiger partial charge in [-0.25, -0.2) is 8.78 Å². The molecular weight excluding hydrogens is 805 g/mol. The number of allylic oxidation sites excluding steroid dienone is 1. The zero-order valence-electron chi connectivity index (χ0n) is 36.1. The van der Waals surface area contributed by atoms with Crippen LogP contribution in [0.4, 0.5) is 8.78 Å². The molecule has 7 aliphatic rings. The van der Waals surface area contributed by atoms with Crippen molar-refractivity contribution in [2.75, 3.05) is 59.7 Å². The summed E-state index contributed by atoms with van der Waals surface area (Å²) in [6.07, 6.45) is 5.00. The lowest BCUT2D eigenvalue weighted by Gasteiger charge is -2.46. The van der Waals surface area contributed by atoms with Crippen molar-refractivity contribution in [2.24, 2.45) is 5.92 Å². The highest BCUT2D eigenvalue weighted by atomic mass is 19.3. The molecule has 7 heterocycles. The minimum absolute atomic E-state index is 0.0741. The summed E-state index contributed by atoms with van der Waals surface area (Å²) in [6, 6.07) is 17.8.